The Morgan fingerprint density at radius 1 is 1.47 bits per heavy atom. The minimum atomic E-state index is -0.414. The maximum Gasteiger partial charge on any atom is 0.251 e. The Kier molecular flexibility index (Phi) is 6.29. The van der Waals surface area contributed by atoms with Gasteiger partial charge in [0.2, 0.25) is 5.91 Å². The molecule has 0 aliphatic heterocycles. The zero-order valence-electron chi connectivity index (χ0n) is 11.5. The molecule has 0 bridgehead atoms. The number of aliphatic hydroxyl groups is 1. The lowest BCUT2D eigenvalue weighted by molar-refractivity contribution is -0.122. The van der Waals surface area contributed by atoms with Gasteiger partial charge in [0.15, 0.2) is 0 Å². The van der Waals surface area contributed by atoms with Crippen molar-refractivity contribution in [1.82, 2.24) is 10.3 Å². The number of hydrogen-bond acceptors (Lipinski definition) is 3. The van der Waals surface area contributed by atoms with Crippen molar-refractivity contribution in [2.24, 2.45) is 5.92 Å². The summed E-state index contributed by atoms with van der Waals surface area (Å²) in [5.41, 5.74) is 0.378. The number of nitrogens with one attached hydrogen (secondary N) is 2. The van der Waals surface area contributed by atoms with E-state index in [1.54, 1.807) is 18.3 Å². The summed E-state index contributed by atoms with van der Waals surface area (Å²) in [5, 5.41) is 12.0. The maximum atomic E-state index is 11.7. The second-order valence-corrected chi connectivity index (χ2v) is 5.11. The summed E-state index contributed by atoms with van der Waals surface area (Å²) in [7, 11) is 0. The van der Waals surface area contributed by atoms with Crippen LogP contribution in [0.4, 0.5) is 0 Å². The van der Waals surface area contributed by atoms with Gasteiger partial charge in [-0.15, -0.1) is 0 Å². The molecule has 1 heterocycles. The highest BCUT2D eigenvalue weighted by Gasteiger charge is 2.13. The third-order valence-electron chi connectivity index (χ3n) is 2.90. The van der Waals surface area contributed by atoms with Gasteiger partial charge in [-0.2, -0.15) is 0 Å². The number of H-pyrrole nitrogens is 1. The van der Waals surface area contributed by atoms with Crippen LogP contribution in [0.3, 0.4) is 0 Å². The molecule has 1 atom stereocenters. The Morgan fingerprint density at radius 3 is 2.79 bits per heavy atom. The molecule has 0 aromatic carbocycles. The number of aliphatic hydroxyl groups excluding tert-OH is 1. The molecule has 1 amide bonds. The number of aromatic amines is 1. The SMILES string of the molecule is CC(C)CCC(=O)N[C@H](CO)Cc1ccc[nH]c1=O. The van der Waals surface area contributed by atoms with Crippen LogP contribution in [0.2, 0.25) is 0 Å². The minimum Gasteiger partial charge on any atom is -0.394 e. The van der Waals surface area contributed by atoms with Crippen LogP contribution in [-0.2, 0) is 11.2 Å². The van der Waals surface area contributed by atoms with Gasteiger partial charge in [0.1, 0.15) is 0 Å². The van der Waals surface area contributed by atoms with E-state index in [0.29, 0.717) is 24.3 Å². The van der Waals surface area contributed by atoms with Crippen LogP contribution in [0.1, 0.15) is 32.3 Å². The Balaban J connectivity index is 2.52. The molecule has 1 aromatic rings. The summed E-state index contributed by atoms with van der Waals surface area (Å²) >= 11 is 0. The molecule has 1 aromatic heterocycles. The average Bonchev–Trinajstić information content (AvgIpc) is 2.38. The van der Waals surface area contributed by atoms with Crippen molar-refractivity contribution >= 4 is 5.91 Å². The fraction of sp³-hybridized carbons (Fsp3) is 0.571. The Hall–Kier alpha value is -1.62. The van der Waals surface area contributed by atoms with E-state index in [0.717, 1.165) is 6.42 Å². The number of carbonyl (C=O) groups excluding carboxylic acids is 1. The first-order valence-corrected chi connectivity index (χ1v) is 6.59. The first-order valence-electron chi connectivity index (χ1n) is 6.59. The largest absolute Gasteiger partial charge is 0.394 e. The monoisotopic (exact) mass is 266 g/mol. The molecule has 0 aliphatic rings. The second-order valence-electron chi connectivity index (χ2n) is 5.11. The Labute approximate surface area is 113 Å². The van der Waals surface area contributed by atoms with Crippen molar-refractivity contribution in [1.29, 1.82) is 0 Å². The number of aromatic nitrogens is 1. The van der Waals surface area contributed by atoms with Crippen LogP contribution in [0.5, 0.6) is 0 Å². The van der Waals surface area contributed by atoms with Gasteiger partial charge in [0.05, 0.1) is 12.6 Å². The molecule has 1 rings (SSSR count). The van der Waals surface area contributed by atoms with E-state index in [4.69, 9.17) is 0 Å². The first kappa shape index (κ1) is 15.4. The van der Waals surface area contributed by atoms with Gasteiger partial charge in [-0.05, 0) is 18.4 Å². The van der Waals surface area contributed by atoms with Gasteiger partial charge in [-0.3, -0.25) is 9.59 Å². The molecule has 0 fully saturated rings. The molecule has 0 saturated carbocycles. The summed E-state index contributed by atoms with van der Waals surface area (Å²) in [6.07, 6.45) is 3.15. The lowest BCUT2D eigenvalue weighted by Gasteiger charge is -2.16. The van der Waals surface area contributed by atoms with Gasteiger partial charge in [-0.25, -0.2) is 0 Å². The van der Waals surface area contributed by atoms with Crippen LogP contribution >= 0.6 is 0 Å². The lowest BCUT2D eigenvalue weighted by Crippen LogP contribution is -2.40. The molecule has 3 N–H and O–H groups in total. The van der Waals surface area contributed by atoms with E-state index in [1.165, 1.54) is 0 Å². The van der Waals surface area contributed by atoms with Gasteiger partial charge in [0.25, 0.3) is 5.56 Å². The highest BCUT2D eigenvalue weighted by molar-refractivity contribution is 5.76. The quantitative estimate of drug-likeness (QED) is 0.683. The molecule has 0 spiro atoms. The molecule has 5 heteroatoms. The first-order chi connectivity index (χ1) is 9.02. The summed E-state index contributed by atoms with van der Waals surface area (Å²) in [6, 6.07) is 3.01. The van der Waals surface area contributed by atoms with Crippen molar-refractivity contribution in [2.45, 2.75) is 39.2 Å². The summed E-state index contributed by atoms with van der Waals surface area (Å²) in [4.78, 5) is 25.8. The highest BCUT2D eigenvalue weighted by atomic mass is 16.3. The van der Waals surface area contributed by atoms with E-state index >= 15 is 0 Å². The van der Waals surface area contributed by atoms with E-state index in [-0.39, 0.29) is 18.1 Å². The topological polar surface area (TPSA) is 82.2 Å². The van der Waals surface area contributed by atoms with Crippen LogP contribution in [0.15, 0.2) is 23.1 Å². The van der Waals surface area contributed by atoms with E-state index in [1.807, 2.05) is 0 Å². The van der Waals surface area contributed by atoms with Crippen molar-refractivity contribution in [2.75, 3.05) is 6.61 Å². The van der Waals surface area contributed by atoms with Crippen molar-refractivity contribution < 1.29 is 9.90 Å². The normalized spacial score (nSPS) is 12.4. The number of amides is 1. The number of pyridine rings is 1. The van der Waals surface area contributed by atoms with Crippen LogP contribution < -0.4 is 10.9 Å². The van der Waals surface area contributed by atoms with Crippen molar-refractivity contribution in [3.05, 3.63) is 34.2 Å². The number of hydrogen-bond donors (Lipinski definition) is 3. The fourth-order valence-electron chi connectivity index (χ4n) is 1.76. The predicted octanol–water partition coefficient (Wildman–Crippen LogP) is 0.831. The molecular formula is C14H22N2O3. The van der Waals surface area contributed by atoms with Gasteiger partial charge >= 0.3 is 0 Å². The maximum absolute atomic E-state index is 11.7. The van der Waals surface area contributed by atoms with Crippen molar-refractivity contribution in [3.63, 3.8) is 0 Å². The summed E-state index contributed by atoms with van der Waals surface area (Å²) in [5.74, 6) is 0.385. The zero-order chi connectivity index (χ0) is 14.3. The molecule has 5 nitrogen and oxygen atoms in total. The number of carbonyl (C=O) groups is 1. The lowest BCUT2D eigenvalue weighted by atomic mass is 10.1. The minimum absolute atomic E-state index is 0.0832. The molecular weight excluding hydrogens is 244 g/mol. The molecule has 0 aliphatic carbocycles. The molecule has 0 saturated heterocycles. The summed E-state index contributed by atoms with van der Waals surface area (Å²) < 4.78 is 0. The predicted molar refractivity (Wildman–Crippen MR) is 73.9 cm³/mol. The van der Waals surface area contributed by atoms with Gasteiger partial charge in [0, 0.05) is 24.6 Å². The van der Waals surface area contributed by atoms with Crippen LogP contribution in [0.25, 0.3) is 0 Å². The van der Waals surface area contributed by atoms with E-state index in [2.05, 4.69) is 24.1 Å². The van der Waals surface area contributed by atoms with E-state index in [9.17, 15) is 14.7 Å². The van der Waals surface area contributed by atoms with Gasteiger partial charge in [-0.1, -0.05) is 19.9 Å². The standard InChI is InChI=1S/C14H22N2O3/c1-10(2)5-6-13(18)16-12(9-17)8-11-4-3-7-15-14(11)19/h3-4,7,10,12,17H,5-6,8-9H2,1-2H3,(H,15,19)(H,16,18)/t12-/m0/s1. The third-order valence-corrected chi connectivity index (χ3v) is 2.90. The zero-order valence-corrected chi connectivity index (χ0v) is 11.5. The Bertz CT molecular complexity index is 454. The number of rotatable bonds is 7. The highest BCUT2D eigenvalue weighted by Crippen LogP contribution is 2.04. The second kappa shape index (κ2) is 7.74. The molecule has 0 radical (unpaired) electrons. The van der Waals surface area contributed by atoms with Gasteiger partial charge < -0.3 is 15.4 Å². The Morgan fingerprint density at radius 2 is 2.21 bits per heavy atom. The average molecular weight is 266 g/mol. The molecule has 19 heavy (non-hydrogen) atoms. The smallest absolute Gasteiger partial charge is 0.251 e. The van der Waals surface area contributed by atoms with Crippen LogP contribution in [0, 0.1) is 5.92 Å². The molecule has 0 unspecified atom stereocenters. The molecule has 106 valence electrons. The third kappa shape index (κ3) is 5.70. The van der Waals surface area contributed by atoms with E-state index < -0.39 is 6.04 Å². The van der Waals surface area contributed by atoms with Crippen LogP contribution in [-0.4, -0.2) is 28.6 Å². The van der Waals surface area contributed by atoms with Crippen molar-refractivity contribution in [3.8, 4) is 0 Å². The summed E-state index contributed by atoms with van der Waals surface area (Å²) in [6.45, 7) is 3.93. The fourth-order valence-corrected chi connectivity index (χ4v) is 1.76.